The standard InChI is InChI=1S/C14H20N2O6S/c1-2-23(20,21)15-7-5-11(6-8-15)16(10-13(17)18)14(19)12-4-3-9-22-12/h3-4,9,11H,2,5-8,10H2,1H3,(H,17,18). The molecule has 1 saturated heterocycles. The molecule has 0 radical (unpaired) electrons. The third kappa shape index (κ3) is 4.11. The van der Waals surface area contributed by atoms with Crippen LogP contribution in [0, 0.1) is 0 Å². The van der Waals surface area contributed by atoms with Crippen molar-refractivity contribution in [3.05, 3.63) is 24.2 Å². The Kier molecular flexibility index (Phi) is 5.42. The number of amides is 1. The van der Waals surface area contributed by atoms with Crippen LogP contribution in [0.3, 0.4) is 0 Å². The Balaban J connectivity index is 2.10. The maximum absolute atomic E-state index is 12.4. The summed E-state index contributed by atoms with van der Waals surface area (Å²) in [4.78, 5) is 24.7. The highest BCUT2D eigenvalue weighted by molar-refractivity contribution is 7.89. The molecule has 0 atom stereocenters. The van der Waals surface area contributed by atoms with Gasteiger partial charge in [-0.15, -0.1) is 0 Å². The van der Waals surface area contributed by atoms with E-state index in [9.17, 15) is 18.0 Å². The molecule has 2 rings (SSSR count). The number of carbonyl (C=O) groups excluding carboxylic acids is 1. The Morgan fingerprint density at radius 2 is 2.04 bits per heavy atom. The maximum atomic E-state index is 12.4. The first-order chi connectivity index (χ1) is 10.8. The summed E-state index contributed by atoms with van der Waals surface area (Å²) >= 11 is 0. The number of sulfonamides is 1. The van der Waals surface area contributed by atoms with Crippen molar-refractivity contribution in [1.29, 1.82) is 0 Å². The molecule has 128 valence electrons. The monoisotopic (exact) mass is 344 g/mol. The van der Waals surface area contributed by atoms with E-state index < -0.39 is 28.4 Å². The van der Waals surface area contributed by atoms with Crippen LogP contribution in [0.2, 0.25) is 0 Å². The zero-order valence-electron chi connectivity index (χ0n) is 12.8. The molecular weight excluding hydrogens is 324 g/mol. The molecule has 0 aliphatic carbocycles. The van der Waals surface area contributed by atoms with E-state index in [-0.39, 0.29) is 30.6 Å². The van der Waals surface area contributed by atoms with E-state index in [1.807, 2.05) is 0 Å². The van der Waals surface area contributed by atoms with E-state index in [2.05, 4.69) is 0 Å². The quantitative estimate of drug-likeness (QED) is 0.810. The Morgan fingerprint density at radius 1 is 1.39 bits per heavy atom. The van der Waals surface area contributed by atoms with Gasteiger partial charge in [-0.25, -0.2) is 12.7 Å². The third-order valence-corrected chi connectivity index (χ3v) is 5.80. The first kappa shape index (κ1) is 17.5. The molecule has 1 amide bonds. The molecule has 1 aliphatic rings. The van der Waals surface area contributed by atoms with Crippen LogP contribution in [-0.4, -0.2) is 66.0 Å². The number of hydrogen-bond acceptors (Lipinski definition) is 5. The first-order valence-corrected chi connectivity index (χ1v) is 9.00. The SMILES string of the molecule is CCS(=O)(=O)N1CCC(N(CC(=O)O)C(=O)c2ccco2)CC1. The molecule has 1 aromatic rings. The third-order valence-electron chi connectivity index (χ3n) is 3.92. The van der Waals surface area contributed by atoms with Crippen molar-refractivity contribution in [1.82, 2.24) is 9.21 Å². The highest BCUT2D eigenvalue weighted by Gasteiger charge is 2.33. The lowest BCUT2D eigenvalue weighted by molar-refractivity contribution is -0.138. The van der Waals surface area contributed by atoms with Gasteiger partial charge in [0.15, 0.2) is 5.76 Å². The largest absolute Gasteiger partial charge is 0.480 e. The van der Waals surface area contributed by atoms with Gasteiger partial charge in [0.25, 0.3) is 5.91 Å². The van der Waals surface area contributed by atoms with Crippen molar-refractivity contribution in [3.8, 4) is 0 Å². The Labute approximate surface area is 134 Å². The minimum Gasteiger partial charge on any atom is -0.480 e. The molecule has 1 aliphatic heterocycles. The van der Waals surface area contributed by atoms with Gasteiger partial charge in [-0.2, -0.15) is 0 Å². The van der Waals surface area contributed by atoms with E-state index in [0.717, 1.165) is 0 Å². The summed E-state index contributed by atoms with van der Waals surface area (Å²) < 4.78 is 30.2. The average molecular weight is 344 g/mol. The van der Waals surface area contributed by atoms with Gasteiger partial charge in [0, 0.05) is 19.1 Å². The number of carboxylic acids is 1. The van der Waals surface area contributed by atoms with E-state index in [1.54, 1.807) is 13.0 Å². The summed E-state index contributed by atoms with van der Waals surface area (Å²) in [6.45, 7) is 1.70. The zero-order valence-corrected chi connectivity index (χ0v) is 13.7. The molecule has 1 N–H and O–H groups in total. The number of hydrogen-bond donors (Lipinski definition) is 1. The molecule has 0 aromatic carbocycles. The lowest BCUT2D eigenvalue weighted by Gasteiger charge is -2.36. The smallest absolute Gasteiger partial charge is 0.323 e. The lowest BCUT2D eigenvalue weighted by atomic mass is 10.0. The second kappa shape index (κ2) is 7.14. The van der Waals surface area contributed by atoms with Gasteiger partial charge in [-0.05, 0) is 31.9 Å². The minimum atomic E-state index is -3.26. The van der Waals surface area contributed by atoms with Crippen molar-refractivity contribution < 1.29 is 27.5 Å². The second-order valence-corrected chi connectivity index (χ2v) is 7.59. The Morgan fingerprint density at radius 3 is 2.52 bits per heavy atom. The molecule has 1 aromatic heterocycles. The second-order valence-electron chi connectivity index (χ2n) is 5.33. The summed E-state index contributed by atoms with van der Waals surface area (Å²) in [5, 5.41) is 9.05. The summed E-state index contributed by atoms with van der Waals surface area (Å²) in [5.74, 6) is -1.50. The van der Waals surface area contributed by atoms with Gasteiger partial charge in [-0.3, -0.25) is 9.59 Å². The molecular formula is C14H20N2O6S. The molecule has 23 heavy (non-hydrogen) atoms. The topological polar surface area (TPSA) is 108 Å². The fourth-order valence-corrected chi connectivity index (χ4v) is 3.80. The van der Waals surface area contributed by atoms with E-state index in [4.69, 9.17) is 9.52 Å². The van der Waals surface area contributed by atoms with Gasteiger partial charge < -0.3 is 14.4 Å². The van der Waals surface area contributed by atoms with Crippen molar-refractivity contribution in [2.45, 2.75) is 25.8 Å². The predicted octanol–water partition coefficient (Wildman–Crippen LogP) is 0.621. The van der Waals surface area contributed by atoms with Gasteiger partial charge in [0.2, 0.25) is 10.0 Å². The van der Waals surface area contributed by atoms with Crippen molar-refractivity contribution >= 4 is 21.9 Å². The normalized spacial score (nSPS) is 17.1. The Hall–Kier alpha value is -1.87. The summed E-state index contributed by atoms with van der Waals surface area (Å²) in [6.07, 6.45) is 2.15. The summed E-state index contributed by atoms with van der Waals surface area (Å²) in [5.41, 5.74) is 0. The molecule has 1 fully saturated rings. The highest BCUT2D eigenvalue weighted by Crippen LogP contribution is 2.21. The van der Waals surface area contributed by atoms with Crippen molar-refractivity contribution in [3.63, 3.8) is 0 Å². The number of furan rings is 1. The van der Waals surface area contributed by atoms with E-state index >= 15 is 0 Å². The summed E-state index contributed by atoms with van der Waals surface area (Å²) in [6, 6.07) is 2.71. The van der Waals surface area contributed by atoms with Crippen molar-refractivity contribution in [2.24, 2.45) is 0 Å². The molecule has 0 unspecified atom stereocenters. The number of rotatable bonds is 6. The molecule has 0 saturated carbocycles. The molecule has 9 heteroatoms. The van der Waals surface area contributed by atoms with Gasteiger partial charge in [0.05, 0.1) is 12.0 Å². The summed E-state index contributed by atoms with van der Waals surface area (Å²) in [7, 11) is -3.26. The van der Waals surface area contributed by atoms with Crippen LogP contribution in [-0.2, 0) is 14.8 Å². The zero-order chi connectivity index (χ0) is 17.0. The molecule has 0 bridgehead atoms. The van der Waals surface area contributed by atoms with Crippen LogP contribution in [0.5, 0.6) is 0 Å². The fourth-order valence-electron chi connectivity index (χ4n) is 2.67. The van der Waals surface area contributed by atoms with Gasteiger partial charge in [-0.1, -0.05) is 0 Å². The highest BCUT2D eigenvalue weighted by atomic mass is 32.2. The van der Waals surface area contributed by atoms with Crippen LogP contribution < -0.4 is 0 Å². The number of piperidine rings is 1. The lowest BCUT2D eigenvalue weighted by Crippen LogP contribution is -2.50. The number of nitrogens with zero attached hydrogens (tertiary/aromatic N) is 2. The van der Waals surface area contributed by atoms with Crippen LogP contribution >= 0.6 is 0 Å². The minimum absolute atomic E-state index is 0.0296. The fraction of sp³-hybridized carbons (Fsp3) is 0.571. The van der Waals surface area contributed by atoms with Crippen LogP contribution in [0.25, 0.3) is 0 Å². The first-order valence-electron chi connectivity index (χ1n) is 7.39. The van der Waals surface area contributed by atoms with Crippen LogP contribution in [0.15, 0.2) is 22.8 Å². The molecule has 8 nitrogen and oxygen atoms in total. The van der Waals surface area contributed by atoms with Crippen LogP contribution in [0.1, 0.15) is 30.3 Å². The molecule has 2 heterocycles. The number of carbonyl (C=O) groups is 2. The van der Waals surface area contributed by atoms with Gasteiger partial charge in [0.1, 0.15) is 6.54 Å². The van der Waals surface area contributed by atoms with E-state index in [0.29, 0.717) is 12.8 Å². The maximum Gasteiger partial charge on any atom is 0.323 e. The van der Waals surface area contributed by atoms with Crippen molar-refractivity contribution in [2.75, 3.05) is 25.4 Å². The number of aliphatic carboxylic acids is 1. The van der Waals surface area contributed by atoms with E-state index in [1.165, 1.54) is 21.5 Å². The van der Waals surface area contributed by atoms with Gasteiger partial charge >= 0.3 is 5.97 Å². The Bertz CT molecular complexity index is 647. The number of carboxylic acid groups (broad SMARTS) is 1. The predicted molar refractivity (Wildman–Crippen MR) is 81.4 cm³/mol. The molecule has 0 spiro atoms. The van der Waals surface area contributed by atoms with Crippen LogP contribution in [0.4, 0.5) is 0 Å². The average Bonchev–Trinajstić information content (AvgIpc) is 3.06.